The van der Waals surface area contributed by atoms with Crippen LogP contribution in [0.1, 0.15) is 25.7 Å². The van der Waals surface area contributed by atoms with Crippen molar-refractivity contribution in [2.24, 2.45) is 5.92 Å². The number of anilines is 1. The maximum absolute atomic E-state index is 12.9. The van der Waals surface area contributed by atoms with Crippen molar-refractivity contribution >= 4 is 11.6 Å². The predicted molar refractivity (Wildman–Crippen MR) is 110 cm³/mol. The smallest absolute Gasteiger partial charge is 0.225 e. The zero-order valence-corrected chi connectivity index (χ0v) is 17.0. The second-order valence-electron chi connectivity index (χ2n) is 8.19. The lowest BCUT2D eigenvalue weighted by Gasteiger charge is -2.44. The van der Waals surface area contributed by atoms with E-state index in [0.717, 1.165) is 77.5 Å². The van der Waals surface area contributed by atoms with Crippen LogP contribution in [0.5, 0.6) is 5.75 Å². The van der Waals surface area contributed by atoms with Gasteiger partial charge >= 0.3 is 0 Å². The molecule has 1 unspecified atom stereocenters. The maximum atomic E-state index is 12.9. The predicted octanol–water partition coefficient (Wildman–Crippen LogP) is 2.23. The van der Waals surface area contributed by atoms with Gasteiger partial charge in [-0.25, -0.2) is 0 Å². The Morgan fingerprint density at radius 2 is 1.71 bits per heavy atom. The first-order chi connectivity index (χ1) is 13.7. The van der Waals surface area contributed by atoms with E-state index in [9.17, 15) is 4.79 Å². The van der Waals surface area contributed by atoms with E-state index in [-0.39, 0.29) is 5.92 Å². The van der Waals surface area contributed by atoms with Crippen LogP contribution in [0.15, 0.2) is 24.3 Å². The van der Waals surface area contributed by atoms with Crippen molar-refractivity contribution in [1.29, 1.82) is 0 Å². The third-order valence-corrected chi connectivity index (χ3v) is 6.55. The number of amides is 1. The Bertz CT molecular complexity index is 637. The van der Waals surface area contributed by atoms with Crippen LogP contribution in [0.4, 0.5) is 5.69 Å². The highest BCUT2D eigenvalue weighted by Crippen LogP contribution is 2.25. The molecule has 3 heterocycles. The Labute approximate surface area is 168 Å². The van der Waals surface area contributed by atoms with Crippen molar-refractivity contribution in [3.63, 3.8) is 0 Å². The molecule has 3 aliphatic rings. The monoisotopic (exact) mass is 387 g/mol. The van der Waals surface area contributed by atoms with E-state index in [1.54, 1.807) is 7.11 Å². The van der Waals surface area contributed by atoms with Crippen molar-refractivity contribution < 1.29 is 14.3 Å². The molecule has 6 heteroatoms. The fourth-order valence-electron chi connectivity index (χ4n) is 4.79. The van der Waals surface area contributed by atoms with Gasteiger partial charge in [-0.3, -0.25) is 9.69 Å². The maximum Gasteiger partial charge on any atom is 0.225 e. The van der Waals surface area contributed by atoms with Gasteiger partial charge in [-0.15, -0.1) is 0 Å². The van der Waals surface area contributed by atoms with Crippen LogP contribution >= 0.6 is 0 Å². The van der Waals surface area contributed by atoms with Crippen LogP contribution < -0.4 is 9.64 Å². The first kappa shape index (κ1) is 19.5. The molecule has 3 saturated heterocycles. The van der Waals surface area contributed by atoms with Crippen LogP contribution in [0, 0.1) is 5.92 Å². The highest BCUT2D eigenvalue weighted by Gasteiger charge is 2.33. The van der Waals surface area contributed by atoms with E-state index < -0.39 is 0 Å². The van der Waals surface area contributed by atoms with E-state index in [1.165, 1.54) is 12.1 Å². The Hall–Kier alpha value is -1.79. The third-order valence-electron chi connectivity index (χ3n) is 6.55. The lowest BCUT2D eigenvalue weighted by atomic mass is 9.96. The Morgan fingerprint density at radius 1 is 1.00 bits per heavy atom. The number of ether oxygens (including phenoxy) is 2. The fourth-order valence-corrected chi connectivity index (χ4v) is 4.79. The summed E-state index contributed by atoms with van der Waals surface area (Å²) in [6, 6.07) is 8.86. The van der Waals surface area contributed by atoms with Gasteiger partial charge in [-0.2, -0.15) is 0 Å². The SMILES string of the molecule is COc1ccc(N2CCN(C3CCCN(C(=O)C4CCOCC4)C3)CC2)cc1. The van der Waals surface area contributed by atoms with Crippen LogP contribution in [-0.2, 0) is 9.53 Å². The lowest BCUT2D eigenvalue weighted by molar-refractivity contribution is -0.140. The zero-order chi connectivity index (χ0) is 19.3. The second-order valence-corrected chi connectivity index (χ2v) is 8.19. The van der Waals surface area contributed by atoms with Gasteiger partial charge in [-0.1, -0.05) is 0 Å². The number of piperazine rings is 1. The summed E-state index contributed by atoms with van der Waals surface area (Å²) in [5.41, 5.74) is 1.26. The van der Waals surface area contributed by atoms with E-state index in [2.05, 4.69) is 26.8 Å². The Kier molecular flexibility index (Phi) is 6.37. The molecule has 1 aromatic rings. The van der Waals surface area contributed by atoms with Crippen LogP contribution in [-0.4, -0.2) is 81.3 Å². The molecule has 3 aliphatic heterocycles. The standard InChI is InChI=1S/C22H33N3O3/c1-27-21-6-4-19(5-7-21)23-11-13-24(14-12-23)20-3-2-10-25(17-20)22(26)18-8-15-28-16-9-18/h4-7,18,20H,2-3,8-17H2,1H3. The number of rotatable bonds is 4. The molecule has 0 bridgehead atoms. The van der Waals surface area contributed by atoms with Gasteiger partial charge in [-0.05, 0) is 49.9 Å². The fraction of sp³-hybridized carbons (Fsp3) is 0.682. The van der Waals surface area contributed by atoms with E-state index in [0.29, 0.717) is 11.9 Å². The summed E-state index contributed by atoms with van der Waals surface area (Å²) in [7, 11) is 1.70. The molecule has 0 saturated carbocycles. The van der Waals surface area contributed by atoms with Gasteiger partial charge in [0.05, 0.1) is 7.11 Å². The Balaban J connectivity index is 1.29. The molecule has 1 amide bonds. The summed E-state index contributed by atoms with van der Waals surface area (Å²) in [4.78, 5) is 20.1. The number of benzene rings is 1. The molecular weight excluding hydrogens is 354 g/mol. The molecule has 28 heavy (non-hydrogen) atoms. The molecule has 6 nitrogen and oxygen atoms in total. The molecule has 0 aromatic heterocycles. The summed E-state index contributed by atoms with van der Waals surface area (Å²) < 4.78 is 10.7. The summed E-state index contributed by atoms with van der Waals surface area (Å²) >= 11 is 0. The number of likely N-dealkylation sites (tertiary alicyclic amines) is 1. The third kappa shape index (κ3) is 4.44. The minimum atomic E-state index is 0.180. The van der Waals surface area contributed by atoms with Crippen LogP contribution in [0.3, 0.4) is 0 Å². The quantitative estimate of drug-likeness (QED) is 0.793. The number of piperidine rings is 1. The lowest BCUT2D eigenvalue weighted by Crippen LogP contribution is -2.56. The minimum Gasteiger partial charge on any atom is -0.497 e. The number of carbonyl (C=O) groups is 1. The van der Waals surface area contributed by atoms with Gasteiger partial charge in [0, 0.05) is 70.1 Å². The van der Waals surface area contributed by atoms with E-state index in [1.807, 2.05) is 12.1 Å². The van der Waals surface area contributed by atoms with Crippen molar-refractivity contribution in [1.82, 2.24) is 9.80 Å². The first-order valence-corrected chi connectivity index (χ1v) is 10.7. The summed E-state index contributed by atoms with van der Waals surface area (Å²) in [6.45, 7) is 7.51. The molecular formula is C22H33N3O3. The van der Waals surface area contributed by atoms with Crippen molar-refractivity contribution in [2.75, 3.05) is 64.5 Å². The van der Waals surface area contributed by atoms with Gasteiger partial charge in [0.25, 0.3) is 0 Å². The molecule has 0 spiro atoms. The molecule has 3 fully saturated rings. The number of carbonyl (C=O) groups excluding carboxylic acids is 1. The first-order valence-electron chi connectivity index (χ1n) is 10.7. The molecule has 0 radical (unpaired) electrons. The molecule has 154 valence electrons. The Morgan fingerprint density at radius 3 is 2.39 bits per heavy atom. The minimum absolute atomic E-state index is 0.180. The summed E-state index contributed by atoms with van der Waals surface area (Å²) in [5.74, 6) is 1.45. The molecule has 4 rings (SSSR count). The highest BCUT2D eigenvalue weighted by atomic mass is 16.5. The van der Waals surface area contributed by atoms with E-state index in [4.69, 9.17) is 9.47 Å². The number of nitrogens with zero attached hydrogens (tertiary/aromatic N) is 3. The molecule has 1 aromatic carbocycles. The zero-order valence-electron chi connectivity index (χ0n) is 17.0. The average Bonchev–Trinajstić information content (AvgIpc) is 2.79. The van der Waals surface area contributed by atoms with Gasteiger partial charge in [0.1, 0.15) is 5.75 Å². The summed E-state index contributed by atoms with van der Waals surface area (Å²) in [6.07, 6.45) is 4.11. The van der Waals surface area contributed by atoms with Crippen molar-refractivity contribution in [3.8, 4) is 5.75 Å². The molecule has 0 aliphatic carbocycles. The highest BCUT2D eigenvalue weighted by molar-refractivity contribution is 5.79. The average molecular weight is 388 g/mol. The van der Waals surface area contributed by atoms with Gasteiger partial charge < -0.3 is 19.3 Å². The van der Waals surface area contributed by atoms with Gasteiger partial charge in [0.2, 0.25) is 5.91 Å². The van der Waals surface area contributed by atoms with E-state index >= 15 is 0 Å². The van der Waals surface area contributed by atoms with Crippen LogP contribution in [0.25, 0.3) is 0 Å². The summed E-state index contributed by atoms with van der Waals surface area (Å²) in [5, 5.41) is 0. The van der Waals surface area contributed by atoms with Crippen molar-refractivity contribution in [2.45, 2.75) is 31.7 Å². The van der Waals surface area contributed by atoms with Crippen molar-refractivity contribution in [3.05, 3.63) is 24.3 Å². The molecule has 1 atom stereocenters. The normalized spacial score (nSPS) is 25.0. The number of hydrogen-bond acceptors (Lipinski definition) is 5. The molecule has 0 N–H and O–H groups in total. The number of hydrogen-bond donors (Lipinski definition) is 0. The van der Waals surface area contributed by atoms with Gasteiger partial charge in [0.15, 0.2) is 0 Å². The number of methoxy groups -OCH3 is 1. The second kappa shape index (κ2) is 9.14. The largest absolute Gasteiger partial charge is 0.497 e. The van der Waals surface area contributed by atoms with Crippen LogP contribution in [0.2, 0.25) is 0 Å². The topological polar surface area (TPSA) is 45.2 Å².